The molecule has 0 aliphatic carbocycles. The Bertz CT molecular complexity index is 335. The molecule has 0 bridgehead atoms. The first-order chi connectivity index (χ1) is 5.36. The van der Waals surface area contributed by atoms with Crippen molar-refractivity contribution in [1.82, 2.24) is 0 Å². The summed E-state index contributed by atoms with van der Waals surface area (Å²) in [5.74, 6) is 2.82. The molecular weight excluding hydrogens is 198 g/mol. The number of hydrogen-bond donors (Lipinski definition) is 0. The summed E-state index contributed by atoms with van der Waals surface area (Å²) in [6.45, 7) is 0. The van der Waals surface area contributed by atoms with Gasteiger partial charge in [0.15, 0.2) is 0 Å². The molecule has 0 spiro atoms. The second-order valence-corrected chi connectivity index (χ2v) is 2.31. The van der Waals surface area contributed by atoms with Crippen LogP contribution in [0, 0.1) is 22.1 Å². The predicted octanol–water partition coefficient (Wildman–Crippen LogP) is 2.26. The van der Waals surface area contributed by atoms with E-state index in [1.54, 1.807) is 12.1 Å². The molecule has 2 heteroatoms. The molecule has 0 saturated carbocycles. The van der Waals surface area contributed by atoms with Crippen molar-refractivity contribution in [3.63, 3.8) is 0 Å². The van der Waals surface area contributed by atoms with Crippen molar-refractivity contribution in [3.8, 4) is 16.8 Å². The molecule has 1 nitrogen and oxygen atoms in total. The third kappa shape index (κ3) is 2.11. The molecule has 0 amide bonds. The standard InChI is InChI=1S/C9H4BrN/c10-6-5-8-1-3-9(7-11)4-2-8/h1-4H/i10-4. The second-order valence-electron chi connectivity index (χ2n) is 1.91. The maximum Gasteiger partial charge on any atom is 0.0991 e. The van der Waals surface area contributed by atoms with Crippen LogP contribution in [-0.4, -0.2) is 0 Å². The second kappa shape index (κ2) is 3.81. The normalized spacial score (nSPS) is 7.64. The molecule has 0 saturated heterocycles. The summed E-state index contributed by atoms with van der Waals surface area (Å²) in [6, 6.07) is 9.15. The van der Waals surface area contributed by atoms with Crippen molar-refractivity contribution < 1.29 is 0 Å². The molecule has 0 fully saturated rings. The zero-order valence-electron chi connectivity index (χ0n) is 5.63. The Kier molecular flexibility index (Phi) is 2.72. The van der Waals surface area contributed by atoms with Gasteiger partial charge in [-0.15, -0.1) is 0 Å². The first kappa shape index (κ1) is 7.85. The number of rotatable bonds is 0. The van der Waals surface area contributed by atoms with E-state index < -0.39 is 0 Å². The van der Waals surface area contributed by atoms with Crippen molar-refractivity contribution in [1.29, 1.82) is 5.26 Å². The molecule has 1 aromatic carbocycles. The topological polar surface area (TPSA) is 23.8 Å². The number of nitriles is 1. The van der Waals surface area contributed by atoms with Gasteiger partial charge in [-0.05, 0) is 29.1 Å². The van der Waals surface area contributed by atoms with E-state index in [9.17, 15) is 0 Å². The van der Waals surface area contributed by atoms with Crippen LogP contribution in [0.25, 0.3) is 0 Å². The molecule has 0 aliphatic rings. The van der Waals surface area contributed by atoms with Gasteiger partial charge >= 0.3 is 0 Å². The Balaban J connectivity index is 3.00. The van der Waals surface area contributed by atoms with Crippen LogP contribution in [0.4, 0.5) is 0 Å². The molecule has 0 radical (unpaired) electrons. The van der Waals surface area contributed by atoms with Crippen molar-refractivity contribution in [2.24, 2.45) is 0 Å². The number of nitrogens with zero attached hydrogens (tertiary/aromatic N) is 1. The summed E-state index contributed by atoms with van der Waals surface area (Å²) in [7, 11) is 0. The van der Waals surface area contributed by atoms with E-state index in [-0.39, 0.29) is 0 Å². The van der Waals surface area contributed by atoms with Gasteiger partial charge in [0.1, 0.15) is 0 Å². The first-order valence-electron chi connectivity index (χ1n) is 2.98. The van der Waals surface area contributed by atoms with Crippen LogP contribution in [0.2, 0.25) is 0 Å². The smallest absolute Gasteiger partial charge is 0.0991 e. The quantitative estimate of drug-likeness (QED) is 0.592. The monoisotopic (exact) mass is 202 g/mol. The summed E-state index contributed by atoms with van der Waals surface area (Å²) in [5, 5.41) is 8.46. The van der Waals surface area contributed by atoms with E-state index in [0.717, 1.165) is 5.56 Å². The van der Waals surface area contributed by atoms with Gasteiger partial charge < -0.3 is 0 Å². The summed E-state index contributed by atoms with van der Waals surface area (Å²) < 4.78 is 0. The Morgan fingerprint density at radius 3 is 2.09 bits per heavy atom. The zero-order chi connectivity index (χ0) is 8.10. The highest BCUT2D eigenvalue weighted by Crippen LogP contribution is 2.01. The Labute approximate surface area is 73.8 Å². The van der Waals surface area contributed by atoms with E-state index in [1.165, 1.54) is 0 Å². The van der Waals surface area contributed by atoms with Gasteiger partial charge in [0.05, 0.1) is 11.6 Å². The van der Waals surface area contributed by atoms with Crippen molar-refractivity contribution in [2.75, 3.05) is 0 Å². The minimum Gasteiger partial charge on any atom is -0.192 e. The van der Waals surface area contributed by atoms with E-state index in [4.69, 9.17) is 5.26 Å². The van der Waals surface area contributed by atoms with Crippen LogP contribution in [0.3, 0.4) is 0 Å². The number of halogens is 1. The van der Waals surface area contributed by atoms with Gasteiger partial charge in [-0.1, -0.05) is 5.92 Å². The van der Waals surface area contributed by atoms with Crippen LogP contribution in [0.1, 0.15) is 11.1 Å². The molecule has 52 valence electrons. The third-order valence-electron chi connectivity index (χ3n) is 1.21. The van der Waals surface area contributed by atoms with E-state index in [0.29, 0.717) is 5.56 Å². The van der Waals surface area contributed by atoms with Gasteiger partial charge in [-0.2, -0.15) is 5.26 Å². The van der Waals surface area contributed by atoms with E-state index in [2.05, 4.69) is 26.7 Å². The predicted molar refractivity (Wildman–Crippen MR) is 47.0 cm³/mol. The first-order valence-corrected chi connectivity index (χ1v) is 3.78. The number of benzene rings is 1. The van der Waals surface area contributed by atoms with Crippen LogP contribution >= 0.6 is 15.9 Å². The molecular formula is C9H4BrN. The Morgan fingerprint density at radius 2 is 1.64 bits per heavy atom. The summed E-state index contributed by atoms with van der Waals surface area (Å²) in [4.78, 5) is 2.60. The maximum atomic E-state index is 8.46. The Morgan fingerprint density at radius 1 is 1.09 bits per heavy atom. The molecule has 1 aromatic rings. The van der Waals surface area contributed by atoms with Crippen LogP contribution in [-0.2, 0) is 0 Å². The van der Waals surface area contributed by atoms with E-state index >= 15 is 0 Å². The summed E-state index contributed by atoms with van der Waals surface area (Å²) in [5.41, 5.74) is 1.56. The van der Waals surface area contributed by atoms with Gasteiger partial charge in [0, 0.05) is 21.5 Å². The molecule has 0 atom stereocenters. The summed E-state index contributed by atoms with van der Waals surface area (Å²) in [6.07, 6.45) is 0. The van der Waals surface area contributed by atoms with Crippen molar-refractivity contribution >= 4 is 15.9 Å². The summed E-state index contributed by atoms with van der Waals surface area (Å²) >= 11 is 3.00. The van der Waals surface area contributed by atoms with E-state index in [1.807, 2.05) is 18.2 Å². The highest BCUT2D eigenvalue weighted by molar-refractivity contribution is 9.12. The zero-order valence-corrected chi connectivity index (χ0v) is 7.22. The Hall–Kier alpha value is -1.25. The average molecular weight is 202 g/mol. The minimum absolute atomic E-state index is 0.658. The fourth-order valence-electron chi connectivity index (χ4n) is 0.683. The molecule has 0 N–H and O–H groups in total. The van der Waals surface area contributed by atoms with Gasteiger partial charge in [0.25, 0.3) is 0 Å². The third-order valence-corrected chi connectivity index (χ3v) is 1.40. The minimum atomic E-state index is 0.658. The fraction of sp³-hybridized carbons (Fsp3) is 0. The lowest BCUT2D eigenvalue weighted by Crippen LogP contribution is -1.74. The van der Waals surface area contributed by atoms with Gasteiger partial charge in [0.2, 0.25) is 0 Å². The largest absolute Gasteiger partial charge is 0.192 e. The molecule has 0 unspecified atom stereocenters. The fourth-order valence-corrected chi connectivity index (χ4v) is 0.912. The number of hydrogen-bond acceptors (Lipinski definition) is 1. The highest BCUT2D eigenvalue weighted by Gasteiger charge is 1.87. The molecule has 11 heavy (non-hydrogen) atoms. The SMILES string of the molecule is N#Cc1ccc(C#C[76Br])cc1. The van der Waals surface area contributed by atoms with Crippen LogP contribution in [0.5, 0.6) is 0 Å². The van der Waals surface area contributed by atoms with Crippen LogP contribution in [0.15, 0.2) is 24.3 Å². The lowest BCUT2D eigenvalue weighted by atomic mass is 10.2. The van der Waals surface area contributed by atoms with Crippen molar-refractivity contribution in [2.45, 2.75) is 0 Å². The van der Waals surface area contributed by atoms with Crippen molar-refractivity contribution in [3.05, 3.63) is 35.4 Å². The molecule has 1 rings (SSSR count). The average Bonchev–Trinajstić information content (AvgIpc) is 2.07. The lowest BCUT2D eigenvalue weighted by molar-refractivity contribution is 1.48. The van der Waals surface area contributed by atoms with Gasteiger partial charge in [-0.3, -0.25) is 0 Å². The maximum absolute atomic E-state index is 8.46. The molecule has 0 aromatic heterocycles. The van der Waals surface area contributed by atoms with Gasteiger partial charge in [-0.25, -0.2) is 0 Å². The molecule has 0 aliphatic heterocycles. The lowest BCUT2D eigenvalue weighted by Gasteiger charge is -1.88. The highest BCUT2D eigenvalue weighted by atomic mass is 75.9. The van der Waals surface area contributed by atoms with Crippen LogP contribution < -0.4 is 0 Å². The molecule has 0 heterocycles.